The maximum atomic E-state index is 9.25. The monoisotopic (exact) mass is 245 g/mol. The van der Waals surface area contributed by atoms with Crippen LogP contribution < -0.4 is 0 Å². The van der Waals surface area contributed by atoms with Gasteiger partial charge in [-0.3, -0.25) is 0 Å². The van der Waals surface area contributed by atoms with Crippen molar-refractivity contribution >= 4 is 11.8 Å². The lowest BCUT2D eigenvalue weighted by Crippen LogP contribution is -2.04. The van der Waals surface area contributed by atoms with Gasteiger partial charge in [0.05, 0.1) is 11.5 Å². The fraction of sp³-hybridized carbons (Fsp3) is 0.533. The van der Waals surface area contributed by atoms with E-state index in [1.54, 1.807) is 0 Å². The Kier molecular flexibility index (Phi) is 3.49. The largest absolute Gasteiger partial charge is 0.197 e. The molecule has 1 nitrogen and oxygen atoms in total. The third-order valence-corrected chi connectivity index (χ3v) is 4.41. The summed E-state index contributed by atoms with van der Waals surface area (Å²) in [5.41, 5.74) is 2.48. The maximum absolute atomic E-state index is 9.25. The average molecular weight is 245 g/mol. The Hall–Kier alpha value is -0.940. The summed E-state index contributed by atoms with van der Waals surface area (Å²) in [7, 11) is 0. The van der Waals surface area contributed by atoms with Crippen LogP contribution in [0.3, 0.4) is 0 Å². The summed E-state index contributed by atoms with van der Waals surface area (Å²) < 4.78 is 0. The number of thioether (sulfide) groups is 1. The Morgan fingerprint density at radius 3 is 2.59 bits per heavy atom. The van der Waals surface area contributed by atoms with E-state index in [0.29, 0.717) is 5.92 Å². The highest BCUT2D eigenvalue weighted by Crippen LogP contribution is 2.48. The molecule has 1 aliphatic carbocycles. The molecule has 0 amide bonds. The van der Waals surface area contributed by atoms with Crippen molar-refractivity contribution in [2.45, 2.75) is 49.8 Å². The van der Waals surface area contributed by atoms with Crippen molar-refractivity contribution in [2.75, 3.05) is 5.75 Å². The third kappa shape index (κ3) is 2.35. The number of rotatable bonds is 4. The van der Waals surface area contributed by atoms with E-state index in [2.05, 4.69) is 45.0 Å². The molecule has 1 aliphatic rings. The van der Waals surface area contributed by atoms with Crippen LogP contribution in [0.15, 0.2) is 23.1 Å². The number of benzene rings is 1. The number of hydrogen-bond acceptors (Lipinski definition) is 2. The van der Waals surface area contributed by atoms with Crippen molar-refractivity contribution in [3.05, 3.63) is 29.3 Å². The Morgan fingerprint density at radius 2 is 2.12 bits per heavy atom. The molecule has 0 atom stereocenters. The van der Waals surface area contributed by atoms with Gasteiger partial charge < -0.3 is 0 Å². The van der Waals surface area contributed by atoms with Crippen LogP contribution in [0.1, 0.15) is 50.7 Å². The highest BCUT2D eigenvalue weighted by atomic mass is 32.2. The summed E-state index contributed by atoms with van der Waals surface area (Å²) in [6, 6.07) is 9.10. The van der Waals surface area contributed by atoms with E-state index < -0.39 is 0 Å². The van der Waals surface area contributed by atoms with E-state index in [0.717, 1.165) is 18.6 Å². The van der Waals surface area contributed by atoms with Crippen molar-refractivity contribution < 1.29 is 0 Å². The molecule has 17 heavy (non-hydrogen) atoms. The van der Waals surface area contributed by atoms with Gasteiger partial charge in [-0.2, -0.15) is 5.26 Å². The van der Waals surface area contributed by atoms with Gasteiger partial charge >= 0.3 is 0 Å². The Balaban J connectivity index is 2.39. The maximum Gasteiger partial charge on any atom is 0.0824 e. The van der Waals surface area contributed by atoms with Gasteiger partial charge in [0.25, 0.3) is 0 Å². The van der Waals surface area contributed by atoms with Crippen LogP contribution in [-0.2, 0) is 5.41 Å². The highest BCUT2D eigenvalue weighted by Gasteiger charge is 2.45. The first-order valence-electron chi connectivity index (χ1n) is 6.31. The molecule has 1 saturated carbocycles. The van der Waals surface area contributed by atoms with Crippen LogP contribution in [-0.4, -0.2) is 5.75 Å². The van der Waals surface area contributed by atoms with E-state index in [9.17, 15) is 5.26 Å². The topological polar surface area (TPSA) is 23.8 Å². The predicted octanol–water partition coefficient (Wildman–Crippen LogP) is 4.48. The third-order valence-electron chi connectivity index (χ3n) is 3.45. The first kappa shape index (κ1) is 12.5. The van der Waals surface area contributed by atoms with E-state index in [4.69, 9.17) is 0 Å². The molecule has 1 fully saturated rings. The molecule has 2 heteroatoms. The van der Waals surface area contributed by atoms with Crippen molar-refractivity contribution in [3.63, 3.8) is 0 Å². The van der Waals surface area contributed by atoms with Gasteiger partial charge in [0.15, 0.2) is 0 Å². The zero-order chi connectivity index (χ0) is 12.5. The smallest absolute Gasteiger partial charge is 0.0824 e. The lowest BCUT2D eigenvalue weighted by atomic mass is 9.94. The Labute approximate surface area is 108 Å². The summed E-state index contributed by atoms with van der Waals surface area (Å²) in [4.78, 5) is 1.36. The van der Waals surface area contributed by atoms with Crippen LogP contribution in [0, 0.1) is 11.3 Å². The lowest BCUT2D eigenvalue weighted by molar-refractivity contribution is 0.829. The lowest BCUT2D eigenvalue weighted by Gasteiger charge is -2.15. The molecule has 1 aromatic carbocycles. The second kappa shape index (κ2) is 4.74. The summed E-state index contributed by atoms with van der Waals surface area (Å²) in [6.45, 7) is 6.64. The fourth-order valence-electron chi connectivity index (χ4n) is 2.18. The predicted molar refractivity (Wildman–Crippen MR) is 73.5 cm³/mol. The van der Waals surface area contributed by atoms with Gasteiger partial charge in [0.2, 0.25) is 0 Å². The second-order valence-corrected chi connectivity index (χ2v) is 6.34. The quantitative estimate of drug-likeness (QED) is 0.730. The number of nitriles is 1. The molecule has 0 aromatic heterocycles. The van der Waals surface area contributed by atoms with Crippen molar-refractivity contribution in [3.8, 4) is 6.07 Å². The molecular formula is C15H19NS. The van der Waals surface area contributed by atoms with Crippen LogP contribution in [0.25, 0.3) is 0 Å². The average Bonchev–Trinajstić information content (AvgIpc) is 3.10. The molecule has 2 rings (SSSR count). The van der Waals surface area contributed by atoms with Crippen molar-refractivity contribution in [2.24, 2.45) is 0 Å². The Bertz CT molecular complexity index is 452. The normalized spacial score (nSPS) is 16.9. The fourth-order valence-corrected chi connectivity index (χ4v) is 3.17. The van der Waals surface area contributed by atoms with Crippen LogP contribution in [0.2, 0.25) is 0 Å². The molecule has 0 heterocycles. The summed E-state index contributed by atoms with van der Waals surface area (Å²) in [6.07, 6.45) is 2.06. The molecule has 0 N–H and O–H groups in total. The van der Waals surface area contributed by atoms with E-state index >= 15 is 0 Å². The molecule has 0 radical (unpaired) electrons. The summed E-state index contributed by atoms with van der Waals surface area (Å²) >= 11 is 1.89. The second-order valence-electron chi connectivity index (χ2n) is 5.03. The molecule has 0 aliphatic heterocycles. The standard InChI is InChI=1S/C15H19NS/c1-4-17-14-9-12(15(10-16)7-8-15)5-6-13(14)11(2)3/h5-6,9,11H,4,7-8H2,1-3H3. The molecule has 0 spiro atoms. The van der Waals surface area contributed by atoms with Crippen molar-refractivity contribution in [1.82, 2.24) is 0 Å². The SMILES string of the molecule is CCSc1cc(C2(C#N)CC2)ccc1C(C)C. The van der Waals surface area contributed by atoms with Crippen molar-refractivity contribution in [1.29, 1.82) is 5.26 Å². The molecule has 0 bridgehead atoms. The molecule has 90 valence electrons. The molecule has 1 aromatic rings. The number of hydrogen-bond donors (Lipinski definition) is 0. The summed E-state index contributed by atoms with van der Waals surface area (Å²) in [5.74, 6) is 1.64. The minimum absolute atomic E-state index is 0.154. The molecular weight excluding hydrogens is 226 g/mol. The molecule has 0 unspecified atom stereocenters. The van der Waals surface area contributed by atoms with Gasteiger partial charge in [0.1, 0.15) is 0 Å². The van der Waals surface area contributed by atoms with Gasteiger partial charge in [-0.15, -0.1) is 11.8 Å². The first-order valence-corrected chi connectivity index (χ1v) is 7.30. The van der Waals surface area contributed by atoms with Gasteiger partial charge in [-0.1, -0.05) is 32.9 Å². The minimum Gasteiger partial charge on any atom is -0.197 e. The zero-order valence-corrected chi connectivity index (χ0v) is 11.6. The van der Waals surface area contributed by atoms with E-state index in [1.807, 2.05) is 11.8 Å². The van der Waals surface area contributed by atoms with Gasteiger partial charge in [-0.05, 0) is 41.7 Å². The van der Waals surface area contributed by atoms with E-state index in [-0.39, 0.29) is 5.41 Å². The highest BCUT2D eigenvalue weighted by molar-refractivity contribution is 7.99. The van der Waals surface area contributed by atoms with Crippen LogP contribution in [0.4, 0.5) is 0 Å². The number of nitrogens with zero attached hydrogens (tertiary/aromatic N) is 1. The van der Waals surface area contributed by atoms with Crippen LogP contribution in [0.5, 0.6) is 0 Å². The Morgan fingerprint density at radius 1 is 1.41 bits per heavy atom. The zero-order valence-electron chi connectivity index (χ0n) is 10.8. The first-order chi connectivity index (χ1) is 8.13. The van der Waals surface area contributed by atoms with Gasteiger partial charge in [-0.25, -0.2) is 0 Å². The van der Waals surface area contributed by atoms with E-state index in [1.165, 1.54) is 16.0 Å². The summed E-state index contributed by atoms with van der Waals surface area (Å²) in [5, 5.41) is 9.25. The van der Waals surface area contributed by atoms with Crippen LogP contribution >= 0.6 is 11.8 Å². The molecule has 0 saturated heterocycles. The van der Waals surface area contributed by atoms with Gasteiger partial charge in [0, 0.05) is 4.90 Å². The minimum atomic E-state index is -0.154.